The Morgan fingerprint density at radius 1 is 1.20 bits per heavy atom. The predicted molar refractivity (Wildman–Crippen MR) is 80.9 cm³/mol. The van der Waals surface area contributed by atoms with Crippen molar-refractivity contribution >= 4 is 16.6 Å². The molecular weight excluding hydrogens is 250 g/mol. The zero-order chi connectivity index (χ0) is 13.9. The average Bonchev–Trinajstić information content (AvgIpc) is 2.86. The third kappa shape index (κ3) is 2.32. The largest absolute Gasteiger partial charge is 0.494 e. The smallest absolute Gasteiger partial charge is 0.124 e. The number of para-hydroxylation sites is 1. The minimum atomic E-state index is 0.636. The fraction of sp³-hybridized carbons (Fsp3) is 0.188. The van der Waals surface area contributed by atoms with Gasteiger partial charge < -0.3 is 10.5 Å². The molecule has 102 valence electrons. The average molecular weight is 267 g/mol. The molecule has 3 rings (SSSR count). The van der Waals surface area contributed by atoms with Crippen molar-refractivity contribution in [3.05, 3.63) is 54.2 Å². The van der Waals surface area contributed by atoms with Gasteiger partial charge in [-0.05, 0) is 31.2 Å². The maximum Gasteiger partial charge on any atom is 0.124 e. The maximum absolute atomic E-state index is 5.88. The summed E-state index contributed by atoms with van der Waals surface area (Å²) in [5.41, 5.74) is 8.77. The fourth-order valence-corrected chi connectivity index (χ4v) is 2.33. The highest BCUT2D eigenvalue weighted by Crippen LogP contribution is 2.24. The van der Waals surface area contributed by atoms with Crippen molar-refractivity contribution in [1.29, 1.82) is 0 Å². The molecule has 0 radical (unpaired) electrons. The molecule has 0 unspecified atom stereocenters. The van der Waals surface area contributed by atoms with Crippen molar-refractivity contribution in [2.75, 3.05) is 12.3 Å². The molecule has 1 heterocycles. The van der Waals surface area contributed by atoms with E-state index in [-0.39, 0.29) is 0 Å². The molecular formula is C16H17N3O. The first-order valence-electron chi connectivity index (χ1n) is 6.69. The third-order valence-electron chi connectivity index (χ3n) is 3.26. The highest BCUT2D eigenvalue weighted by atomic mass is 16.5. The highest BCUT2D eigenvalue weighted by molar-refractivity contribution is 5.78. The van der Waals surface area contributed by atoms with Crippen LogP contribution in [0, 0.1) is 0 Å². The van der Waals surface area contributed by atoms with Crippen LogP contribution in [-0.2, 0) is 6.54 Å². The van der Waals surface area contributed by atoms with E-state index in [1.54, 1.807) is 0 Å². The van der Waals surface area contributed by atoms with Crippen LogP contribution in [0.2, 0.25) is 0 Å². The van der Waals surface area contributed by atoms with Gasteiger partial charge in [-0.15, -0.1) is 0 Å². The summed E-state index contributed by atoms with van der Waals surface area (Å²) in [7, 11) is 0. The molecule has 0 amide bonds. The number of nitrogens with two attached hydrogens (primary N) is 1. The van der Waals surface area contributed by atoms with Crippen molar-refractivity contribution in [2.45, 2.75) is 13.5 Å². The van der Waals surface area contributed by atoms with Crippen molar-refractivity contribution in [2.24, 2.45) is 0 Å². The molecule has 4 nitrogen and oxygen atoms in total. The lowest BCUT2D eigenvalue weighted by atomic mass is 10.1. The van der Waals surface area contributed by atoms with Gasteiger partial charge >= 0.3 is 0 Å². The van der Waals surface area contributed by atoms with E-state index in [2.05, 4.69) is 17.2 Å². The fourth-order valence-electron chi connectivity index (χ4n) is 2.33. The van der Waals surface area contributed by atoms with Gasteiger partial charge in [-0.2, -0.15) is 5.10 Å². The summed E-state index contributed by atoms with van der Waals surface area (Å²) in [6.45, 7) is 3.26. The van der Waals surface area contributed by atoms with Crippen molar-refractivity contribution in [3.63, 3.8) is 0 Å². The van der Waals surface area contributed by atoms with Gasteiger partial charge in [-0.1, -0.05) is 18.2 Å². The molecule has 2 aromatic carbocycles. The molecule has 2 N–H and O–H groups in total. The van der Waals surface area contributed by atoms with E-state index >= 15 is 0 Å². The molecule has 20 heavy (non-hydrogen) atoms. The van der Waals surface area contributed by atoms with Crippen LogP contribution in [0.25, 0.3) is 10.9 Å². The first-order chi connectivity index (χ1) is 9.78. The Balaban J connectivity index is 2.00. The molecule has 0 saturated carbocycles. The monoisotopic (exact) mass is 267 g/mol. The topological polar surface area (TPSA) is 53.1 Å². The van der Waals surface area contributed by atoms with E-state index in [4.69, 9.17) is 10.5 Å². The van der Waals surface area contributed by atoms with Gasteiger partial charge in [0.1, 0.15) is 5.75 Å². The molecule has 0 spiro atoms. The van der Waals surface area contributed by atoms with Gasteiger partial charge in [0, 0.05) is 16.6 Å². The normalized spacial score (nSPS) is 10.8. The van der Waals surface area contributed by atoms with Crippen LogP contribution in [0.5, 0.6) is 5.75 Å². The number of anilines is 1. The van der Waals surface area contributed by atoms with E-state index in [9.17, 15) is 0 Å². The number of rotatable bonds is 4. The Morgan fingerprint density at radius 2 is 2.05 bits per heavy atom. The Kier molecular flexibility index (Phi) is 3.29. The van der Waals surface area contributed by atoms with Crippen molar-refractivity contribution in [3.8, 4) is 5.75 Å². The second kappa shape index (κ2) is 5.25. The number of ether oxygens (including phenoxy) is 1. The minimum absolute atomic E-state index is 0.636. The number of hydrogen-bond donors (Lipinski definition) is 1. The van der Waals surface area contributed by atoms with Crippen LogP contribution in [0.4, 0.5) is 5.69 Å². The van der Waals surface area contributed by atoms with E-state index < -0.39 is 0 Å². The van der Waals surface area contributed by atoms with E-state index in [0.717, 1.165) is 27.9 Å². The molecule has 0 fully saturated rings. The first kappa shape index (κ1) is 12.5. The van der Waals surface area contributed by atoms with Crippen molar-refractivity contribution < 1.29 is 4.74 Å². The summed E-state index contributed by atoms with van der Waals surface area (Å²) in [4.78, 5) is 0. The Morgan fingerprint density at radius 3 is 2.90 bits per heavy atom. The molecule has 0 aliphatic carbocycles. The molecule has 0 saturated heterocycles. The number of hydrogen-bond acceptors (Lipinski definition) is 3. The molecule has 0 aliphatic heterocycles. The second-order valence-corrected chi connectivity index (χ2v) is 4.66. The summed E-state index contributed by atoms with van der Waals surface area (Å²) in [5, 5.41) is 5.58. The molecule has 0 bridgehead atoms. The number of nitrogen functional groups attached to an aromatic ring is 1. The number of benzene rings is 2. The van der Waals surface area contributed by atoms with Crippen LogP contribution >= 0.6 is 0 Å². The van der Waals surface area contributed by atoms with E-state index in [0.29, 0.717) is 13.2 Å². The zero-order valence-corrected chi connectivity index (χ0v) is 11.4. The van der Waals surface area contributed by atoms with Gasteiger partial charge in [-0.25, -0.2) is 0 Å². The standard InChI is InChI=1S/C16H17N3O/c1-2-20-16-8-7-14(17)9-13(16)11-19-15-6-4-3-5-12(15)10-18-19/h3-10H,2,11,17H2,1H3. The van der Waals surface area contributed by atoms with E-state index in [1.807, 2.05) is 48.1 Å². The summed E-state index contributed by atoms with van der Waals surface area (Å²) in [6.07, 6.45) is 1.88. The van der Waals surface area contributed by atoms with Gasteiger partial charge in [0.2, 0.25) is 0 Å². The van der Waals surface area contributed by atoms with Gasteiger partial charge in [0.05, 0.1) is 24.9 Å². The lowest BCUT2D eigenvalue weighted by molar-refractivity contribution is 0.335. The predicted octanol–water partition coefficient (Wildman–Crippen LogP) is 3.07. The van der Waals surface area contributed by atoms with E-state index in [1.165, 1.54) is 0 Å². The Hall–Kier alpha value is -2.49. The number of fused-ring (bicyclic) bond motifs is 1. The highest BCUT2D eigenvalue weighted by Gasteiger charge is 2.08. The Bertz CT molecular complexity index is 733. The quantitative estimate of drug-likeness (QED) is 0.739. The van der Waals surface area contributed by atoms with Crippen LogP contribution < -0.4 is 10.5 Å². The van der Waals surface area contributed by atoms with Gasteiger partial charge in [0.15, 0.2) is 0 Å². The van der Waals surface area contributed by atoms with Gasteiger partial charge in [0.25, 0.3) is 0 Å². The Labute approximate surface area is 117 Å². The SMILES string of the molecule is CCOc1ccc(N)cc1Cn1ncc2ccccc21. The molecule has 0 atom stereocenters. The minimum Gasteiger partial charge on any atom is -0.494 e. The molecule has 0 aliphatic rings. The molecule has 4 heteroatoms. The van der Waals surface area contributed by atoms with Gasteiger partial charge in [-0.3, -0.25) is 4.68 Å². The van der Waals surface area contributed by atoms with Crippen LogP contribution in [0.15, 0.2) is 48.7 Å². The maximum atomic E-state index is 5.88. The first-order valence-corrected chi connectivity index (χ1v) is 6.69. The van der Waals surface area contributed by atoms with Crippen LogP contribution in [0.3, 0.4) is 0 Å². The summed E-state index contributed by atoms with van der Waals surface area (Å²) in [6, 6.07) is 13.9. The third-order valence-corrected chi connectivity index (χ3v) is 3.26. The summed E-state index contributed by atoms with van der Waals surface area (Å²) in [5.74, 6) is 0.862. The van der Waals surface area contributed by atoms with Crippen LogP contribution in [0.1, 0.15) is 12.5 Å². The molecule has 1 aromatic heterocycles. The summed E-state index contributed by atoms with van der Waals surface area (Å²) < 4.78 is 7.62. The van der Waals surface area contributed by atoms with Crippen LogP contribution in [-0.4, -0.2) is 16.4 Å². The number of aromatic nitrogens is 2. The second-order valence-electron chi connectivity index (χ2n) is 4.66. The lowest BCUT2D eigenvalue weighted by Crippen LogP contribution is -2.05. The molecule has 3 aromatic rings. The van der Waals surface area contributed by atoms with Crippen molar-refractivity contribution in [1.82, 2.24) is 9.78 Å². The zero-order valence-electron chi connectivity index (χ0n) is 11.4. The summed E-state index contributed by atoms with van der Waals surface area (Å²) >= 11 is 0. The number of nitrogens with zero attached hydrogens (tertiary/aromatic N) is 2. The lowest BCUT2D eigenvalue weighted by Gasteiger charge is -2.11.